The number of carbonyl (C=O) groups is 1. The third-order valence-corrected chi connectivity index (χ3v) is 7.71. The molecule has 1 aliphatic carbocycles. The molecular weight excluding hydrogens is 356 g/mol. The number of nitrogens with zero attached hydrogens (tertiary/aromatic N) is 1. The molecule has 5 aliphatic rings. The zero-order valence-corrected chi connectivity index (χ0v) is 16.2. The molecule has 4 atom stereocenters. The quantitative estimate of drug-likeness (QED) is 0.844. The van der Waals surface area contributed by atoms with Gasteiger partial charge in [-0.25, -0.2) is 0 Å². The van der Waals surface area contributed by atoms with Crippen molar-refractivity contribution in [1.29, 1.82) is 0 Å². The van der Waals surface area contributed by atoms with Gasteiger partial charge in [-0.15, -0.1) is 0 Å². The monoisotopic (exact) mass is 384 g/mol. The number of para-hydroxylation sites is 1. The van der Waals surface area contributed by atoms with Crippen molar-refractivity contribution < 1.29 is 19.0 Å². The highest BCUT2D eigenvalue weighted by Gasteiger charge is 2.62. The summed E-state index contributed by atoms with van der Waals surface area (Å²) in [7, 11) is 0. The van der Waals surface area contributed by atoms with Crippen molar-refractivity contribution in [3.8, 4) is 11.5 Å². The first-order valence-electron chi connectivity index (χ1n) is 10.8. The van der Waals surface area contributed by atoms with Crippen LogP contribution >= 0.6 is 0 Å². The number of likely N-dealkylation sites (tertiary alicyclic amines) is 1. The highest BCUT2D eigenvalue weighted by molar-refractivity contribution is 5.79. The second kappa shape index (κ2) is 6.36. The van der Waals surface area contributed by atoms with Crippen LogP contribution in [0.15, 0.2) is 18.2 Å². The van der Waals surface area contributed by atoms with Gasteiger partial charge >= 0.3 is 0 Å². The Hall–Kier alpha value is -1.79. The van der Waals surface area contributed by atoms with Crippen molar-refractivity contribution in [3.63, 3.8) is 0 Å². The van der Waals surface area contributed by atoms with E-state index in [0.717, 1.165) is 63.4 Å². The smallest absolute Gasteiger partial charge is 0.231 e. The molecule has 1 amide bonds. The topological polar surface area (TPSA) is 60.0 Å². The van der Waals surface area contributed by atoms with Gasteiger partial charge in [0.15, 0.2) is 11.5 Å². The standard InChI is InChI=1S/C22H28N2O4/c25-21(14-3-1-4-14)23-9-16-17-11-24(12-22(17)8-7-18(16)28-22)10-15-5-2-6-19-20(15)27-13-26-19/h2,5-6,14,16-18H,1,3-4,7-13H2,(H,23,25)/t16-,17+,18+,22+/m0/s1. The largest absolute Gasteiger partial charge is 0.454 e. The van der Waals surface area contributed by atoms with Gasteiger partial charge in [-0.2, -0.15) is 0 Å². The van der Waals surface area contributed by atoms with Gasteiger partial charge in [-0.1, -0.05) is 18.6 Å². The number of benzene rings is 1. The van der Waals surface area contributed by atoms with Crippen LogP contribution in [0.1, 0.15) is 37.7 Å². The van der Waals surface area contributed by atoms with Gasteiger partial charge in [0.1, 0.15) is 0 Å². The van der Waals surface area contributed by atoms with Crippen molar-refractivity contribution in [3.05, 3.63) is 23.8 Å². The van der Waals surface area contributed by atoms with E-state index in [1.165, 1.54) is 12.0 Å². The van der Waals surface area contributed by atoms with Crippen LogP contribution in [-0.2, 0) is 16.1 Å². The van der Waals surface area contributed by atoms with E-state index in [0.29, 0.717) is 24.7 Å². The minimum atomic E-state index is -0.00809. The van der Waals surface area contributed by atoms with Gasteiger partial charge in [0.25, 0.3) is 0 Å². The van der Waals surface area contributed by atoms with Gasteiger partial charge in [0.05, 0.1) is 11.7 Å². The molecule has 1 saturated carbocycles. The molecule has 4 fully saturated rings. The average molecular weight is 384 g/mol. The number of fused-ring (bicyclic) bond motifs is 2. The number of hydrogen-bond donors (Lipinski definition) is 1. The number of amides is 1. The van der Waals surface area contributed by atoms with Crippen LogP contribution in [0.4, 0.5) is 0 Å². The number of rotatable bonds is 5. The Morgan fingerprint density at radius 1 is 1.25 bits per heavy atom. The third kappa shape index (κ3) is 2.57. The fraction of sp³-hybridized carbons (Fsp3) is 0.682. The molecule has 6 rings (SSSR count). The van der Waals surface area contributed by atoms with E-state index >= 15 is 0 Å². The molecule has 2 bridgehead atoms. The number of nitrogens with one attached hydrogen (secondary N) is 1. The summed E-state index contributed by atoms with van der Waals surface area (Å²) in [6.07, 6.45) is 5.93. The molecule has 0 unspecified atom stereocenters. The molecule has 1 spiro atoms. The summed E-state index contributed by atoms with van der Waals surface area (Å²) in [4.78, 5) is 14.8. The zero-order chi connectivity index (χ0) is 18.7. The summed E-state index contributed by atoms with van der Waals surface area (Å²) in [5.41, 5.74) is 1.18. The van der Waals surface area contributed by atoms with Gasteiger partial charge in [0.2, 0.25) is 12.7 Å². The Morgan fingerprint density at radius 3 is 3.04 bits per heavy atom. The molecule has 4 heterocycles. The molecule has 0 aromatic heterocycles. The molecule has 0 radical (unpaired) electrons. The number of carbonyl (C=O) groups excluding carboxylic acids is 1. The first-order valence-corrected chi connectivity index (χ1v) is 10.8. The fourth-order valence-corrected chi connectivity index (χ4v) is 6.07. The summed E-state index contributed by atoms with van der Waals surface area (Å²) >= 11 is 0. The number of ether oxygens (including phenoxy) is 3. The maximum Gasteiger partial charge on any atom is 0.231 e. The first kappa shape index (κ1) is 17.1. The highest BCUT2D eigenvalue weighted by atomic mass is 16.7. The van der Waals surface area contributed by atoms with Crippen LogP contribution < -0.4 is 14.8 Å². The van der Waals surface area contributed by atoms with Gasteiger partial charge in [0, 0.05) is 49.5 Å². The summed E-state index contributed by atoms with van der Waals surface area (Å²) in [6, 6.07) is 6.14. The van der Waals surface area contributed by atoms with Crippen molar-refractivity contribution in [1.82, 2.24) is 10.2 Å². The maximum atomic E-state index is 12.3. The van der Waals surface area contributed by atoms with Gasteiger partial charge in [-0.3, -0.25) is 9.69 Å². The Kier molecular flexibility index (Phi) is 3.88. The normalized spacial score (nSPS) is 35.8. The molecule has 150 valence electrons. The summed E-state index contributed by atoms with van der Waals surface area (Å²) in [6.45, 7) is 3.96. The zero-order valence-electron chi connectivity index (χ0n) is 16.2. The molecule has 3 saturated heterocycles. The van der Waals surface area contributed by atoms with Gasteiger partial charge < -0.3 is 19.5 Å². The van der Waals surface area contributed by atoms with E-state index < -0.39 is 0 Å². The van der Waals surface area contributed by atoms with Crippen molar-refractivity contribution in [2.45, 2.75) is 50.4 Å². The second-order valence-electron chi connectivity index (χ2n) is 9.22. The van der Waals surface area contributed by atoms with Crippen molar-refractivity contribution in [2.24, 2.45) is 17.8 Å². The molecule has 6 nitrogen and oxygen atoms in total. The van der Waals surface area contributed by atoms with Crippen LogP contribution in [0.2, 0.25) is 0 Å². The number of hydrogen-bond acceptors (Lipinski definition) is 5. The minimum Gasteiger partial charge on any atom is -0.454 e. The Labute approximate surface area is 165 Å². The predicted octanol–water partition coefficient (Wildman–Crippen LogP) is 2.31. The Morgan fingerprint density at radius 2 is 2.18 bits per heavy atom. The Balaban J connectivity index is 1.14. The predicted molar refractivity (Wildman–Crippen MR) is 102 cm³/mol. The molecule has 28 heavy (non-hydrogen) atoms. The lowest BCUT2D eigenvalue weighted by Gasteiger charge is -2.31. The SMILES string of the molecule is O=C(NC[C@H]1[C@H]2CN(Cc3cccc4c3OCO4)C[C@]23CC[C@H]1O3)C1CCC1. The van der Waals surface area contributed by atoms with E-state index in [9.17, 15) is 4.79 Å². The molecule has 1 aromatic rings. The molecule has 1 N–H and O–H groups in total. The van der Waals surface area contributed by atoms with Crippen LogP contribution in [0.25, 0.3) is 0 Å². The van der Waals surface area contributed by atoms with E-state index in [1.807, 2.05) is 12.1 Å². The van der Waals surface area contributed by atoms with Gasteiger partial charge in [-0.05, 0) is 31.7 Å². The first-order chi connectivity index (χ1) is 13.7. The molecule has 1 aromatic carbocycles. The lowest BCUT2D eigenvalue weighted by atomic mass is 9.73. The van der Waals surface area contributed by atoms with E-state index in [2.05, 4.69) is 16.3 Å². The van der Waals surface area contributed by atoms with E-state index in [1.54, 1.807) is 0 Å². The average Bonchev–Trinajstić information content (AvgIpc) is 3.38. The van der Waals surface area contributed by atoms with Crippen LogP contribution in [-0.4, -0.2) is 48.9 Å². The lowest BCUT2D eigenvalue weighted by molar-refractivity contribution is -0.127. The maximum absolute atomic E-state index is 12.3. The fourth-order valence-electron chi connectivity index (χ4n) is 6.07. The van der Waals surface area contributed by atoms with Crippen molar-refractivity contribution >= 4 is 5.91 Å². The second-order valence-corrected chi connectivity index (χ2v) is 9.22. The molecule has 6 heteroatoms. The lowest BCUT2D eigenvalue weighted by Crippen LogP contribution is -2.44. The van der Waals surface area contributed by atoms with Crippen LogP contribution in [0.3, 0.4) is 0 Å². The highest BCUT2D eigenvalue weighted by Crippen LogP contribution is 2.55. The Bertz CT molecular complexity index is 795. The summed E-state index contributed by atoms with van der Waals surface area (Å²) in [5.74, 6) is 3.23. The van der Waals surface area contributed by atoms with E-state index in [4.69, 9.17) is 14.2 Å². The minimum absolute atomic E-state index is 0.00809. The summed E-state index contributed by atoms with van der Waals surface area (Å²) < 4.78 is 17.8. The third-order valence-electron chi connectivity index (χ3n) is 7.71. The van der Waals surface area contributed by atoms with Crippen LogP contribution in [0, 0.1) is 17.8 Å². The van der Waals surface area contributed by atoms with E-state index in [-0.39, 0.29) is 17.4 Å². The van der Waals surface area contributed by atoms with Crippen LogP contribution in [0.5, 0.6) is 11.5 Å². The molecular formula is C22H28N2O4. The summed E-state index contributed by atoms with van der Waals surface area (Å²) in [5, 5.41) is 3.25. The molecule has 4 aliphatic heterocycles. The van der Waals surface area contributed by atoms with Crippen molar-refractivity contribution in [2.75, 3.05) is 26.4 Å².